The van der Waals surface area contributed by atoms with Gasteiger partial charge in [-0.2, -0.15) is 0 Å². The molecular formula is C15H18BrNO2. The van der Waals surface area contributed by atoms with Gasteiger partial charge in [-0.1, -0.05) is 12.2 Å². The molecule has 0 bridgehead atoms. The fourth-order valence-corrected chi connectivity index (χ4v) is 3.11. The zero-order valence-corrected chi connectivity index (χ0v) is 12.4. The molecule has 1 aliphatic heterocycles. The summed E-state index contributed by atoms with van der Waals surface area (Å²) in [7, 11) is 0. The van der Waals surface area contributed by atoms with E-state index in [1.165, 1.54) is 18.4 Å². The standard InChI is InChI=1S/C15H18BrNO2/c16-13-8-11(9-14-15(13)19-7-6-18-14)10-17-12-4-2-1-3-5-12/h1-2,8-9,12,17H,3-7,10H2. The van der Waals surface area contributed by atoms with Gasteiger partial charge in [0.15, 0.2) is 11.5 Å². The maximum atomic E-state index is 5.64. The maximum absolute atomic E-state index is 5.64. The van der Waals surface area contributed by atoms with Crippen LogP contribution in [-0.2, 0) is 6.54 Å². The Hall–Kier alpha value is -1.00. The van der Waals surface area contributed by atoms with Crippen LogP contribution in [0.25, 0.3) is 0 Å². The Morgan fingerprint density at radius 1 is 1.21 bits per heavy atom. The highest BCUT2D eigenvalue weighted by Gasteiger charge is 2.17. The van der Waals surface area contributed by atoms with E-state index in [1.807, 2.05) is 0 Å². The first-order valence-electron chi connectivity index (χ1n) is 6.79. The molecule has 0 saturated heterocycles. The molecule has 102 valence electrons. The lowest BCUT2D eigenvalue weighted by molar-refractivity contribution is 0.170. The van der Waals surface area contributed by atoms with Gasteiger partial charge in [0.05, 0.1) is 4.47 Å². The Bertz CT molecular complexity index is 487. The van der Waals surface area contributed by atoms with Gasteiger partial charge in [-0.3, -0.25) is 0 Å². The fraction of sp³-hybridized carbons (Fsp3) is 0.467. The van der Waals surface area contributed by atoms with Crippen LogP contribution < -0.4 is 14.8 Å². The lowest BCUT2D eigenvalue weighted by Crippen LogP contribution is -2.29. The number of rotatable bonds is 3. The molecule has 1 atom stereocenters. The number of halogens is 1. The topological polar surface area (TPSA) is 30.5 Å². The van der Waals surface area contributed by atoms with E-state index in [2.05, 4.69) is 45.5 Å². The Kier molecular flexibility index (Phi) is 4.09. The Balaban J connectivity index is 1.67. The molecule has 1 heterocycles. The third-order valence-corrected chi connectivity index (χ3v) is 4.11. The molecular weight excluding hydrogens is 306 g/mol. The largest absolute Gasteiger partial charge is 0.486 e. The van der Waals surface area contributed by atoms with Crippen molar-refractivity contribution in [2.24, 2.45) is 0 Å². The third kappa shape index (κ3) is 3.12. The fourth-order valence-electron chi connectivity index (χ4n) is 2.51. The normalized spacial score (nSPS) is 21.4. The Labute approximate surface area is 122 Å². The SMILES string of the molecule is Brc1cc(CNC2CC=CCC2)cc2c1OCCO2. The Morgan fingerprint density at radius 2 is 2.11 bits per heavy atom. The number of ether oxygens (including phenoxy) is 2. The van der Waals surface area contributed by atoms with Gasteiger partial charge >= 0.3 is 0 Å². The lowest BCUT2D eigenvalue weighted by atomic mass is 10.0. The zero-order chi connectivity index (χ0) is 13.1. The molecule has 1 aromatic rings. The van der Waals surface area contributed by atoms with Gasteiger partial charge in [0.2, 0.25) is 0 Å². The second kappa shape index (κ2) is 5.97. The van der Waals surface area contributed by atoms with Crippen LogP contribution in [0.3, 0.4) is 0 Å². The molecule has 4 heteroatoms. The van der Waals surface area contributed by atoms with Crippen molar-refractivity contribution in [3.8, 4) is 11.5 Å². The van der Waals surface area contributed by atoms with Crippen molar-refractivity contribution in [1.29, 1.82) is 0 Å². The number of benzene rings is 1. The second-order valence-corrected chi connectivity index (χ2v) is 5.82. The maximum Gasteiger partial charge on any atom is 0.175 e. The van der Waals surface area contributed by atoms with E-state index in [1.54, 1.807) is 0 Å². The van der Waals surface area contributed by atoms with Crippen molar-refractivity contribution in [1.82, 2.24) is 5.32 Å². The third-order valence-electron chi connectivity index (χ3n) is 3.52. The van der Waals surface area contributed by atoms with E-state index in [0.717, 1.165) is 28.9 Å². The van der Waals surface area contributed by atoms with Gasteiger partial charge in [-0.05, 0) is 52.9 Å². The highest BCUT2D eigenvalue weighted by atomic mass is 79.9. The molecule has 1 N–H and O–H groups in total. The van der Waals surface area contributed by atoms with Crippen molar-refractivity contribution < 1.29 is 9.47 Å². The summed E-state index contributed by atoms with van der Waals surface area (Å²) >= 11 is 3.55. The predicted molar refractivity (Wildman–Crippen MR) is 78.8 cm³/mol. The molecule has 0 radical (unpaired) electrons. The monoisotopic (exact) mass is 323 g/mol. The quantitative estimate of drug-likeness (QED) is 0.864. The number of nitrogens with one attached hydrogen (secondary N) is 1. The van der Waals surface area contributed by atoms with Crippen molar-refractivity contribution >= 4 is 15.9 Å². The van der Waals surface area contributed by atoms with Gasteiger partial charge in [0.1, 0.15) is 13.2 Å². The van der Waals surface area contributed by atoms with Crippen LogP contribution in [0.15, 0.2) is 28.8 Å². The highest BCUT2D eigenvalue weighted by molar-refractivity contribution is 9.10. The molecule has 1 aromatic carbocycles. The van der Waals surface area contributed by atoms with Crippen LogP contribution in [0, 0.1) is 0 Å². The molecule has 0 amide bonds. The molecule has 0 saturated carbocycles. The van der Waals surface area contributed by atoms with Crippen LogP contribution in [0.1, 0.15) is 24.8 Å². The smallest absolute Gasteiger partial charge is 0.175 e. The zero-order valence-electron chi connectivity index (χ0n) is 10.8. The minimum atomic E-state index is 0.594. The molecule has 3 rings (SSSR count). The average molecular weight is 324 g/mol. The highest BCUT2D eigenvalue weighted by Crippen LogP contribution is 2.38. The summed E-state index contributed by atoms with van der Waals surface area (Å²) in [6, 6.07) is 4.78. The summed E-state index contributed by atoms with van der Waals surface area (Å²) in [5.41, 5.74) is 1.23. The first kappa shape index (κ1) is 13.0. The van der Waals surface area contributed by atoms with Crippen LogP contribution in [0.5, 0.6) is 11.5 Å². The molecule has 0 spiro atoms. The number of allylic oxidation sites excluding steroid dienone is 1. The van der Waals surface area contributed by atoms with Crippen LogP contribution in [0.4, 0.5) is 0 Å². The minimum Gasteiger partial charge on any atom is -0.486 e. The first-order valence-corrected chi connectivity index (χ1v) is 7.58. The molecule has 1 aliphatic carbocycles. The summed E-state index contributed by atoms with van der Waals surface area (Å²) in [4.78, 5) is 0. The van der Waals surface area contributed by atoms with Crippen molar-refractivity contribution in [2.75, 3.05) is 13.2 Å². The van der Waals surface area contributed by atoms with Crippen LogP contribution in [-0.4, -0.2) is 19.3 Å². The lowest BCUT2D eigenvalue weighted by Gasteiger charge is -2.22. The van der Waals surface area contributed by atoms with Gasteiger partial charge in [0, 0.05) is 12.6 Å². The van der Waals surface area contributed by atoms with E-state index in [0.29, 0.717) is 19.3 Å². The first-order chi connectivity index (χ1) is 9.33. The van der Waals surface area contributed by atoms with E-state index in [9.17, 15) is 0 Å². The van der Waals surface area contributed by atoms with E-state index < -0.39 is 0 Å². The molecule has 3 nitrogen and oxygen atoms in total. The summed E-state index contributed by atoms with van der Waals surface area (Å²) in [6.07, 6.45) is 8.07. The van der Waals surface area contributed by atoms with Gasteiger partial charge in [-0.15, -0.1) is 0 Å². The van der Waals surface area contributed by atoms with Gasteiger partial charge in [0.25, 0.3) is 0 Å². The van der Waals surface area contributed by atoms with E-state index in [-0.39, 0.29) is 0 Å². The van der Waals surface area contributed by atoms with Crippen LogP contribution >= 0.6 is 15.9 Å². The summed E-state index contributed by atoms with van der Waals surface area (Å²) in [5, 5.41) is 3.60. The molecule has 1 unspecified atom stereocenters. The number of fused-ring (bicyclic) bond motifs is 1. The van der Waals surface area contributed by atoms with E-state index in [4.69, 9.17) is 9.47 Å². The summed E-state index contributed by atoms with van der Waals surface area (Å²) < 4.78 is 12.2. The molecule has 0 fully saturated rings. The predicted octanol–water partition coefficient (Wildman–Crippen LogP) is 3.42. The van der Waals surface area contributed by atoms with Crippen molar-refractivity contribution in [2.45, 2.75) is 31.8 Å². The van der Waals surface area contributed by atoms with Crippen molar-refractivity contribution in [3.05, 3.63) is 34.3 Å². The Morgan fingerprint density at radius 3 is 2.95 bits per heavy atom. The number of hydrogen-bond acceptors (Lipinski definition) is 3. The molecule has 19 heavy (non-hydrogen) atoms. The number of hydrogen-bond donors (Lipinski definition) is 1. The minimum absolute atomic E-state index is 0.594. The molecule has 0 aromatic heterocycles. The van der Waals surface area contributed by atoms with Gasteiger partial charge < -0.3 is 14.8 Å². The summed E-state index contributed by atoms with van der Waals surface area (Å²) in [5.74, 6) is 1.68. The van der Waals surface area contributed by atoms with Crippen LogP contribution in [0.2, 0.25) is 0 Å². The average Bonchev–Trinajstić information content (AvgIpc) is 2.46. The molecule has 2 aliphatic rings. The second-order valence-electron chi connectivity index (χ2n) is 4.96. The van der Waals surface area contributed by atoms with E-state index >= 15 is 0 Å². The summed E-state index contributed by atoms with van der Waals surface area (Å²) in [6.45, 7) is 2.12. The van der Waals surface area contributed by atoms with Gasteiger partial charge in [-0.25, -0.2) is 0 Å². The van der Waals surface area contributed by atoms with Crippen molar-refractivity contribution in [3.63, 3.8) is 0 Å².